The Morgan fingerprint density at radius 2 is 1.72 bits per heavy atom. The van der Waals surface area contributed by atoms with Crippen molar-refractivity contribution in [1.29, 1.82) is 0 Å². The summed E-state index contributed by atoms with van der Waals surface area (Å²) in [6, 6.07) is 12.1. The van der Waals surface area contributed by atoms with Crippen LogP contribution in [-0.4, -0.2) is 28.7 Å². The fraction of sp³-hybridized carbons (Fsp3) is 0.348. The Balaban J connectivity index is 1.41. The number of carbonyl (C=O) groups is 3. The lowest BCUT2D eigenvalue weighted by molar-refractivity contribution is -0.148. The molecule has 29 heavy (non-hydrogen) atoms. The highest BCUT2D eigenvalue weighted by Crippen LogP contribution is 2.52. The second-order valence-corrected chi connectivity index (χ2v) is 8.05. The number of allylic oxidation sites excluding steroid dienone is 2. The molecule has 1 aliphatic heterocycles. The molecule has 1 aromatic carbocycles. The lowest BCUT2D eigenvalue weighted by atomic mass is 9.85. The molecule has 2 bridgehead atoms. The molecule has 0 spiro atoms. The number of furan rings is 1. The van der Waals surface area contributed by atoms with E-state index in [9.17, 15) is 14.4 Å². The number of imide groups is 1. The van der Waals surface area contributed by atoms with Gasteiger partial charge >= 0.3 is 0 Å². The molecule has 2 heterocycles. The molecule has 3 amide bonds. The first kappa shape index (κ1) is 17.9. The van der Waals surface area contributed by atoms with Crippen LogP contribution in [0.15, 0.2) is 65.3 Å². The third-order valence-electron chi connectivity index (χ3n) is 6.41. The topological polar surface area (TPSA) is 79.6 Å². The van der Waals surface area contributed by atoms with E-state index in [4.69, 9.17) is 4.42 Å². The van der Waals surface area contributed by atoms with Gasteiger partial charge in [0.1, 0.15) is 11.8 Å². The molecule has 3 aliphatic rings. The fourth-order valence-corrected chi connectivity index (χ4v) is 5.08. The van der Waals surface area contributed by atoms with E-state index in [1.165, 1.54) is 4.90 Å². The van der Waals surface area contributed by atoms with Crippen LogP contribution in [0, 0.1) is 23.7 Å². The van der Waals surface area contributed by atoms with Crippen LogP contribution in [0.4, 0.5) is 0 Å². The van der Waals surface area contributed by atoms with Crippen molar-refractivity contribution in [2.24, 2.45) is 23.7 Å². The van der Waals surface area contributed by atoms with Gasteiger partial charge in [-0.25, -0.2) is 0 Å². The van der Waals surface area contributed by atoms with Gasteiger partial charge in [0, 0.05) is 6.42 Å². The molecule has 5 rings (SSSR count). The number of fused-ring (bicyclic) bond motifs is 5. The Kier molecular flexibility index (Phi) is 4.34. The van der Waals surface area contributed by atoms with Gasteiger partial charge in [0.05, 0.1) is 24.6 Å². The highest BCUT2D eigenvalue weighted by atomic mass is 16.3. The van der Waals surface area contributed by atoms with E-state index in [2.05, 4.69) is 17.5 Å². The van der Waals surface area contributed by atoms with Crippen molar-refractivity contribution in [3.8, 4) is 0 Å². The smallest absolute Gasteiger partial charge is 0.244 e. The van der Waals surface area contributed by atoms with Gasteiger partial charge in [-0.2, -0.15) is 0 Å². The summed E-state index contributed by atoms with van der Waals surface area (Å²) < 4.78 is 5.28. The third kappa shape index (κ3) is 2.99. The summed E-state index contributed by atoms with van der Waals surface area (Å²) >= 11 is 0. The van der Waals surface area contributed by atoms with E-state index in [0.29, 0.717) is 12.2 Å². The molecule has 2 aromatic rings. The Hall–Kier alpha value is -3.15. The lowest BCUT2D eigenvalue weighted by Crippen LogP contribution is -2.51. The molecular weight excluding hydrogens is 368 g/mol. The second kappa shape index (κ2) is 7.03. The molecule has 2 fully saturated rings. The third-order valence-corrected chi connectivity index (χ3v) is 6.41. The SMILES string of the molecule is O=C(NCc1ccco1)[C@H](Cc1ccccc1)N1C(=O)[C@@H]2[C@H](C1=O)[C@@H]1C=C[C@H]2C1. The fourth-order valence-electron chi connectivity index (χ4n) is 5.08. The van der Waals surface area contributed by atoms with E-state index < -0.39 is 6.04 Å². The molecule has 6 heteroatoms. The first-order chi connectivity index (χ1) is 14.1. The molecular formula is C23H22N2O4. The molecule has 1 saturated heterocycles. The molecule has 2 aliphatic carbocycles. The number of benzene rings is 1. The van der Waals surface area contributed by atoms with Crippen LogP contribution >= 0.6 is 0 Å². The Labute approximate surface area is 168 Å². The van der Waals surface area contributed by atoms with Crippen molar-refractivity contribution in [3.05, 3.63) is 72.2 Å². The van der Waals surface area contributed by atoms with Crippen molar-refractivity contribution in [2.75, 3.05) is 0 Å². The van der Waals surface area contributed by atoms with Gasteiger partial charge < -0.3 is 9.73 Å². The summed E-state index contributed by atoms with van der Waals surface area (Å²) in [5, 5.41) is 2.83. The summed E-state index contributed by atoms with van der Waals surface area (Å²) in [4.78, 5) is 40.8. The highest BCUT2D eigenvalue weighted by Gasteiger charge is 2.61. The van der Waals surface area contributed by atoms with Crippen molar-refractivity contribution >= 4 is 17.7 Å². The normalized spacial score (nSPS) is 28.1. The number of carbonyl (C=O) groups excluding carboxylic acids is 3. The predicted molar refractivity (Wildman–Crippen MR) is 104 cm³/mol. The number of nitrogens with zero attached hydrogens (tertiary/aromatic N) is 1. The summed E-state index contributed by atoms with van der Waals surface area (Å²) in [6.45, 7) is 0.215. The van der Waals surface area contributed by atoms with Crippen molar-refractivity contribution < 1.29 is 18.8 Å². The monoisotopic (exact) mass is 390 g/mol. The molecule has 1 saturated carbocycles. The second-order valence-electron chi connectivity index (χ2n) is 8.05. The van der Waals surface area contributed by atoms with E-state index in [1.54, 1.807) is 18.4 Å². The van der Waals surface area contributed by atoms with Crippen LogP contribution in [-0.2, 0) is 27.3 Å². The highest BCUT2D eigenvalue weighted by molar-refractivity contribution is 6.09. The lowest BCUT2D eigenvalue weighted by Gasteiger charge is -2.27. The van der Waals surface area contributed by atoms with Crippen LogP contribution in [0.25, 0.3) is 0 Å². The van der Waals surface area contributed by atoms with Crippen molar-refractivity contribution in [3.63, 3.8) is 0 Å². The summed E-state index contributed by atoms with van der Waals surface area (Å²) in [7, 11) is 0. The molecule has 148 valence electrons. The first-order valence-corrected chi connectivity index (χ1v) is 10.0. The summed E-state index contributed by atoms with van der Waals surface area (Å²) in [5.74, 6) is -0.508. The molecule has 1 N–H and O–H groups in total. The van der Waals surface area contributed by atoms with Crippen LogP contribution in [0.3, 0.4) is 0 Å². The van der Waals surface area contributed by atoms with Gasteiger partial charge in [0.2, 0.25) is 17.7 Å². The maximum absolute atomic E-state index is 13.2. The molecule has 0 radical (unpaired) electrons. The zero-order chi connectivity index (χ0) is 20.0. The Morgan fingerprint density at radius 3 is 2.34 bits per heavy atom. The molecule has 5 atom stereocenters. The van der Waals surface area contributed by atoms with Gasteiger partial charge in [0.25, 0.3) is 0 Å². The van der Waals surface area contributed by atoms with Gasteiger partial charge in [-0.05, 0) is 36.0 Å². The number of hydrogen-bond acceptors (Lipinski definition) is 4. The van der Waals surface area contributed by atoms with Crippen molar-refractivity contribution in [2.45, 2.75) is 25.4 Å². The first-order valence-electron chi connectivity index (χ1n) is 10.0. The molecule has 1 aromatic heterocycles. The van der Waals surface area contributed by atoms with E-state index in [0.717, 1.165) is 12.0 Å². The number of likely N-dealkylation sites (tertiary alicyclic amines) is 1. The minimum absolute atomic E-state index is 0.120. The minimum Gasteiger partial charge on any atom is -0.467 e. The number of nitrogens with one attached hydrogen (secondary N) is 1. The van der Waals surface area contributed by atoms with E-state index in [1.807, 2.05) is 30.3 Å². The summed E-state index contributed by atoms with van der Waals surface area (Å²) in [6.07, 6.45) is 6.83. The standard InChI is InChI=1S/C23H22N2O4/c26-21(24-13-17-7-4-10-29-17)18(11-14-5-2-1-3-6-14)25-22(27)19-15-8-9-16(12-15)20(19)23(25)28/h1-10,15-16,18-20H,11-13H2,(H,24,26)/t15-,16+,18-,19-,20+/m0/s1. The maximum Gasteiger partial charge on any atom is 0.244 e. The van der Waals surface area contributed by atoms with Gasteiger partial charge in [0.15, 0.2) is 0 Å². The van der Waals surface area contributed by atoms with Crippen LogP contribution in [0.5, 0.6) is 0 Å². The van der Waals surface area contributed by atoms with Crippen LogP contribution in [0.1, 0.15) is 17.7 Å². The average molecular weight is 390 g/mol. The summed E-state index contributed by atoms with van der Waals surface area (Å²) in [5.41, 5.74) is 0.907. The maximum atomic E-state index is 13.2. The Morgan fingerprint density at radius 1 is 1.03 bits per heavy atom. The van der Waals surface area contributed by atoms with Crippen molar-refractivity contribution in [1.82, 2.24) is 10.2 Å². The largest absolute Gasteiger partial charge is 0.467 e. The van der Waals surface area contributed by atoms with E-state index >= 15 is 0 Å². The predicted octanol–water partition coefficient (Wildman–Crippen LogP) is 2.31. The quantitative estimate of drug-likeness (QED) is 0.606. The Bertz CT molecular complexity index is 936. The van der Waals surface area contributed by atoms with E-state index in [-0.39, 0.29) is 47.9 Å². The average Bonchev–Trinajstić information content (AvgIpc) is 3.51. The number of rotatable bonds is 6. The van der Waals surface area contributed by atoms with Gasteiger partial charge in [-0.1, -0.05) is 42.5 Å². The molecule has 0 unspecified atom stereocenters. The number of amides is 3. The van der Waals surface area contributed by atoms with Gasteiger partial charge in [-0.3, -0.25) is 19.3 Å². The van der Waals surface area contributed by atoms with Crippen LogP contribution < -0.4 is 5.32 Å². The zero-order valence-electron chi connectivity index (χ0n) is 15.9. The number of hydrogen-bond donors (Lipinski definition) is 1. The molecule has 6 nitrogen and oxygen atoms in total. The van der Waals surface area contributed by atoms with Crippen LogP contribution in [0.2, 0.25) is 0 Å². The minimum atomic E-state index is -0.864. The van der Waals surface area contributed by atoms with Gasteiger partial charge in [-0.15, -0.1) is 0 Å². The zero-order valence-corrected chi connectivity index (χ0v) is 15.9.